The van der Waals surface area contributed by atoms with Crippen LogP contribution < -0.4 is 10.6 Å². The van der Waals surface area contributed by atoms with Gasteiger partial charge in [-0.2, -0.15) is 0 Å². The predicted molar refractivity (Wildman–Crippen MR) is 82.6 cm³/mol. The third-order valence-electron chi connectivity index (χ3n) is 3.37. The van der Waals surface area contributed by atoms with Gasteiger partial charge in [-0.1, -0.05) is 12.5 Å². The zero-order chi connectivity index (χ0) is 15.5. The molecular weight excluding hydrogens is 268 g/mol. The highest BCUT2D eigenvalue weighted by atomic mass is 16.6. The van der Waals surface area contributed by atoms with Crippen LogP contribution in [0.25, 0.3) is 0 Å². The molecule has 0 saturated carbocycles. The van der Waals surface area contributed by atoms with Crippen LogP contribution >= 0.6 is 0 Å². The number of amides is 1. The highest BCUT2D eigenvalue weighted by Gasteiger charge is 2.19. The van der Waals surface area contributed by atoms with Gasteiger partial charge >= 0.3 is 6.09 Å². The van der Waals surface area contributed by atoms with Gasteiger partial charge < -0.3 is 15.2 Å². The Morgan fingerprint density at radius 2 is 2.14 bits per heavy atom. The summed E-state index contributed by atoms with van der Waals surface area (Å²) in [7, 11) is 0. The SMILES string of the molecule is CC(C)(C)OC(=O)Nc1cc(C2CCCCN2)ccc1O. The van der Waals surface area contributed by atoms with Crippen LogP contribution in [0.3, 0.4) is 0 Å². The van der Waals surface area contributed by atoms with E-state index in [1.807, 2.05) is 12.1 Å². The Kier molecular flexibility index (Phi) is 4.73. The molecule has 2 rings (SSSR count). The van der Waals surface area contributed by atoms with Crippen LogP contribution in [-0.4, -0.2) is 23.3 Å². The number of piperidine rings is 1. The number of benzene rings is 1. The van der Waals surface area contributed by atoms with Crippen LogP contribution in [0.15, 0.2) is 18.2 Å². The maximum absolute atomic E-state index is 11.8. The van der Waals surface area contributed by atoms with Gasteiger partial charge in [0.15, 0.2) is 0 Å². The maximum atomic E-state index is 11.8. The molecule has 1 aromatic rings. The molecule has 0 radical (unpaired) electrons. The van der Waals surface area contributed by atoms with Crippen molar-refractivity contribution in [1.29, 1.82) is 0 Å². The second-order valence-electron chi connectivity index (χ2n) is 6.41. The van der Waals surface area contributed by atoms with E-state index in [1.54, 1.807) is 26.8 Å². The van der Waals surface area contributed by atoms with Gasteiger partial charge in [0.1, 0.15) is 11.4 Å². The van der Waals surface area contributed by atoms with E-state index in [-0.39, 0.29) is 11.8 Å². The molecule has 1 fully saturated rings. The van der Waals surface area contributed by atoms with E-state index in [1.165, 1.54) is 12.8 Å². The third-order valence-corrected chi connectivity index (χ3v) is 3.37. The van der Waals surface area contributed by atoms with Crippen molar-refractivity contribution in [3.05, 3.63) is 23.8 Å². The van der Waals surface area contributed by atoms with Crippen LogP contribution in [0.4, 0.5) is 10.5 Å². The van der Waals surface area contributed by atoms with Gasteiger partial charge in [-0.15, -0.1) is 0 Å². The summed E-state index contributed by atoms with van der Waals surface area (Å²) in [6.07, 6.45) is 2.88. The molecule has 1 atom stereocenters. The van der Waals surface area contributed by atoms with Crippen molar-refractivity contribution in [3.8, 4) is 5.75 Å². The largest absolute Gasteiger partial charge is 0.506 e. The Bertz CT molecular complexity index is 503. The van der Waals surface area contributed by atoms with Crippen LogP contribution in [0.2, 0.25) is 0 Å². The number of hydrogen-bond acceptors (Lipinski definition) is 4. The summed E-state index contributed by atoms with van der Waals surface area (Å²) < 4.78 is 5.21. The van der Waals surface area contributed by atoms with Crippen molar-refractivity contribution in [2.24, 2.45) is 0 Å². The van der Waals surface area contributed by atoms with Crippen LogP contribution in [0.5, 0.6) is 5.75 Å². The Morgan fingerprint density at radius 1 is 1.38 bits per heavy atom. The molecule has 0 aromatic heterocycles. The molecule has 1 aliphatic heterocycles. The van der Waals surface area contributed by atoms with Crippen molar-refractivity contribution in [2.45, 2.75) is 51.7 Å². The number of rotatable bonds is 2. The molecule has 5 nitrogen and oxygen atoms in total. The minimum absolute atomic E-state index is 0.0421. The average molecular weight is 292 g/mol. The van der Waals surface area contributed by atoms with Crippen molar-refractivity contribution in [1.82, 2.24) is 5.32 Å². The summed E-state index contributed by atoms with van der Waals surface area (Å²) in [6.45, 7) is 6.40. The zero-order valence-corrected chi connectivity index (χ0v) is 12.9. The van der Waals surface area contributed by atoms with E-state index in [4.69, 9.17) is 4.74 Å². The fourth-order valence-corrected chi connectivity index (χ4v) is 2.42. The van der Waals surface area contributed by atoms with Gasteiger partial charge in [0, 0.05) is 6.04 Å². The van der Waals surface area contributed by atoms with E-state index < -0.39 is 11.7 Å². The number of carbonyl (C=O) groups is 1. The lowest BCUT2D eigenvalue weighted by atomic mass is 9.97. The predicted octanol–water partition coefficient (Wildman–Crippen LogP) is 3.55. The summed E-state index contributed by atoms with van der Waals surface area (Å²) in [4.78, 5) is 11.8. The summed E-state index contributed by atoms with van der Waals surface area (Å²) in [6, 6.07) is 5.58. The topological polar surface area (TPSA) is 70.6 Å². The number of anilines is 1. The average Bonchev–Trinajstić information content (AvgIpc) is 2.40. The first-order valence-electron chi connectivity index (χ1n) is 7.41. The lowest BCUT2D eigenvalue weighted by Crippen LogP contribution is -2.28. The van der Waals surface area contributed by atoms with Gasteiger partial charge in [-0.3, -0.25) is 5.32 Å². The summed E-state index contributed by atoms with van der Waals surface area (Å²) in [5.41, 5.74) is 0.884. The van der Waals surface area contributed by atoms with E-state index in [0.717, 1.165) is 18.5 Å². The van der Waals surface area contributed by atoms with Crippen molar-refractivity contribution in [2.75, 3.05) is 11.9 Å². The molecule has 1 unspecified atom stereocenters. The first-order valence-corrected chi connectivity index (χ1v) is 7.41. The number of hydrogen-bond donors (Lipinski definition) is 3. The Morgan fingerprint density at radius 3 is 2.76 bits per heavy atom. The van der Waals surface area contributed by atoms with Gasteiger partial charge in [-0.25, -0.2) is 4.79 Å². The van der Waals surface area contributed by atoms with E-state index in [9.17, 15) is 9.90 Å². The normalized spacial score (nSPS) is 19.1. The van der Waals surface area contributed by atoms with Crippen LogP contribution in [0, 0.1) is 0 Å². The fraction of sp³-hybridized carbons (Fsp3) is 0.562. The highest BCUT2D eigenvalue weighted by Crippen LogP contribution is 2.30. The van der Waals surface area contributed by atoms with Gasteiger partial charge in [0.2, 0.25) is 0 Å². The Hall–Kier alpha value is -1.75. The first kappa shape index (κ1) is 15.6. The Balaban J connectivity index is 2.10. The van der Waals surface area contributed by atoms with Gasteiger partial charge in [0.25, 0.3) is 0 Å². The number of phenols is 1. The molecule has 1 saturated heterocycles. The number of carbonyl (C=O) groups excluding carboxylic acids is 1. The minimum atomic E-state index is -0.567. The molecule has 1 aliphatic rings. The molecule has 3 N–H and O–H groups in total. The van der Waals surface area contributed by atoms with E-state index in [0.29, 0.717) is 5.69 Å². The number of ether oxygens (including phenoxy) is 1. The number of phenolic OH excluding ortho intramolecular Hbond substituents is 1. The quantitative estimate of drug-likeness (QED) is 0.729. The lowest BCUT2D eigenvalue weighted by Gasteiger charge is -2.25. The van der Waals surface area contributed by atoms with Crippen LogP contribution in [0.1, 0.15) is 51.6 Å². The van der Waals surface area contributed by atoms with Crippen LogP contribution in [-0.2, 0) is 4.74 Å². The zero-order valence-electron chi connectivity index (χ0n) is 12.9. The molecule has 0 aliphatic carbocycles. The molecule has 0 bridgehead atoms. The highest BCUT2D eigenvalue weighted by molar-refractivity contribution is 5.87. The maximum Gasteiger partial charge on any atom is 0.412 e. The number of aromatic hydroxyl groups is 1. The monoisotopic (exact) mass is 292 g/mol. The van der Waals surface area contributed by atoms with Crippen molar-refractivity contribution >= 4 is 11.8 Å². The lowest BCUT2D eigenvalue weighted by molar-refractivity contribution is 0.0635. The second-order valence-corrected chi connectivity index (χ2v) is 6.41. The molecule has 1 amide bonds. The summed E-state index contributed by atoms with van der Waals surface area (Å²) in [5.74, 6) is 0.0421. The van der Waals surface area contributed by atoms with Crippen molar-refractivity contribution < 1.29 is 14.6 Å². The molecule has 1 heterocycles. The summed E-state index contributed by atoms with van der Waals surface area (Å²) in [5, 5.41) is 15.9. The third kappa shape index (κ3) is 4.63. The van der Waals surface area contributed by atoms with E-state index >= 15 is 0 Å². The smallest absolute Gasteiger partial charge is 0.412 e. The fourth-order valence-electron chi connectivity index (χ4n) is 2.42. The molecule has 21 heavy (non-hydrogen) atoms. The Labute approximate surface area is 125 Å². The van der Waals surface area contributed by atoms with Gasteiger partial charge in [0.05, 0.1) is 5.69 Å². The standard InChI is InChI=1S/C16H24N2O3/c1-16(2,3)21-15(20)18-13-10-11(7-8-14(13)19)12-6-4-5-9-17-12/h7-8,10,12,17,19H,4-6,9H2,1-3H3,(H,18,20). The summed E-state index contributed by atoms with van der Waals surface area (Å²) >= 11 is 0. The second kappa shape index (κ2) is 6.35. The first-order chi connectivity index (χ1) is 9.85. The van der Waals surface area contributed by atoms with Crippen molar-refractivity contribution in [3.63, 3.8) is 0 Å². The number of nitrogens with one attached hydrogen (secondary N) is 2. The molecule has 5 heteroatoms. The minimum Gasteiger partial charge on any atom is -0.506 e. The molecule has 1 aromatic carbocycles. The molecular formula is C16H24N2O3. The van der Waals surface area contributed by atoms with E-state index in [2.05, 4.69) is 10.6 Å². The molecule has 116 valence electrons. The van der Waals surface area contributed by atoms with Gasteiger partial charge in [-0.05, 0) is 57.9 Å². The molecule has 0 spiro atoms.